The molecule has 5 aromatic carbocycles. The van der Waals surface area contributed by atoms with Gasteiger partial charge in [0, 0.05) is 11.1 Å². The number of fused-ring (bicyclic) bond motifs is 3. The first-order valence-electron chi connectivity index (χ1n) is 10.3. The molecule has 3 heteroatoms. The van der Waals surface area contributed by atoms with Gasteiger partial charge in [0.15, 0.2) is 23.0 Å². The molecule has 0 aliphatic carbocycles. The molecule has 1 heterocycles. The normalized spacial score (nSPS) is 11.7. The molecule has 1 aliphatic heterocycles. The van der Waals surface area contributed by atoms with Gasteiger partial charge < -0.3 is 14.4 Å². The topological polar surface area (TPSA) is 21.7 Å². The summed E-state index contributed by atoms with van der Waals surface area (Å²) in [6.45, 7) is 0. The first-order valence-corrected chi connectivity index (χ1v) is 10.3. The van der Waals surface area contributed by atoms with E-state index in [2.05, 4.69) is 77.7 Å². The van der Waals surface area contributed by atoms with Gasteiger partial charge in [-0.15, -0.1) is 0 Å². The van der Waals surface area contributed by atoms with Gasteiger partial charge in [-0.3, -0.25) is 0 Å². The van der Waals surface area contributed by atoms with Crippen LogP contribution in [-0.2, 0) is 0 Å². The number of hydrogen-bond acceptors (Lipinski definition) is 3. The average molecular weight is 401 g/mol. The minimum absolute atomic E-state index is 0.706. The summed E-state index contributed by atoms with van der Waals surface area (Å²) in [5.41, 5.74) is 3.06. The first-order chi connectivity index (χ1) is 15.4. The van der Waals surface area contributed by atoms with Crippen molar-refractivity contribution in [1.29, 1.82) is 0 Å². The fourth-order valence-electron chi connectivity index (χ4n) is 4.10. The third-order valence-corrected chi connectivity index (χ3v) is 5.50. The largest absolute Gasteiger partial charge is 0.449 e. The zero-order valence-corrected chi connectivity index (χ0v) is 16.7. The number of nitrogens with zero attached hydrogens (tertiary/aromatic N) is 1. The molecular weight excluding hydrogens is 382 g/mol. The SMILES string of the molecule is c1ccc(N(c2cccc3c2Oc2ccccc2O3)c2cccc3ccccc23)cc1. The Hall–Kier alpha value is -4.24. The highest BCUT2D eigenvalue weighted by atomic mass is 16.6. The molecule has 3 nitrogen and oxygen atoms in total. The lowest BCUT2D eigenvalue weighted by atomic mass is 10.1. The van der Waals surface area contributed by atoms with E-state index < -0.39 is 0 Å². The van der Waals surface area contributed by atoms with E-state index in [4.69, 9.17) is 9.47 Å². The molecule has 0 fully saturated rings. The fraction of sp³-hybridized carbons (Fsp3) is 0. The lowest BCUT2D eigenvalue weighted by Gasteiger charge is -2.30. The summed E-state index contributed by atoms with van der Waals surface area (Å²) < 4.78 is 12.6. The van der Waals surface area contributed by atoms with E-state index >= 15 is 0 Å². The monoisotopic (exact) mass is 401 g/mol. The molecule has 0 radical (unpaired) electrons. The number of hydrogen-bond donors (Lipinski definition) is 0. The molecule has 0 aromatic heterocycles. The van der Waals surface area contributed by atoms with Crippen molar-refractivity contribution in [2.45, 2.75) is 0 Å². The zero-order valence-electron chi connectivity index (χ0n) is 16.7. The molecule has 31 heavy (non-hydrogen) atoms. The Balaban J connectivity index is 1.60. The van der Waals surface area contributed by atoms with Gasteiger partial charge >= 0.3 is 0 Å². The lowest BCUT2D eigenvalue weighted by molar-refractivity contribution is 0.360. The van der Waals surface area contributed by atoms with E-state index in [-0.39, 0.29) is 0 Å². The molecule has 0 amide bonds. The van der Waals surface area contributed by atoms with Crippen LogP contribution in [0.5, 0.6) is 23.0 Å². The van der Waals surface area contributed by atoms with Gasteiger partial charge in [0.2, 0.25) is 0 Å². The Morgan fingerprint density at radius 3 is 1.94 bits per heavy atom. The van der Waals surface area contributed by atoms with Gasteiger partial charge in [0.05, 0.1) is 11.4 Å². The van der Waals surface area contributed by atoms with E-state index in [0.717, 1.165) is 22.8 Å². The molecule has 0 unspecified atom stereocenters. The van der Waals surface area contributed by atoms with Crippen LogP contribution in [0.25, 0.3) is 10.8 Å². The van der Waals surface area contributed by atoms with Crippen molar-refractivity contribution in [1.82, 2.24) is 0 Å². The van der Waals surface area contributed by atoms with Crippen molar-refractivity contribution in [2.75, 3.05) is 4.90 Å². The third kappa shape index (κ3) is 2.99. The van der Waals surface area contributed by atoms with Crippen molar-refractivity contribution in [2.24, 2.45) is 0 Å². The van der Waals surface area contributed by atoms with Gasteiger partial charge in [-0.1, -0.05) is 72.8 Å². The quantitative estimate of drug-likeness (QED) is 0.298. The molecule has 0 N–H and O–H groups in total. The summed E-state index contributed by atoms with van der Waals surface area (Å²) in [4.78, 5) is 2.23. The molecule has 5 aromatic rings. The summed E-state index contributed by atoms with van der Waals surface area (Å²) >= 11 is 0. The molecule has 0 spiro atoms. The number of ether oxygens (including phenoxy) is 2. The summed E-state index contributed by atoms with van der Waals surface area (Å²) in [5, 5.41) is 2.36. The fourth-order valence-corrected chi connectivity index (χ4v) is 4.10. The maximum absolute atomic E-state index is 6.38. The Kier molecular flexibility index (Phi) is 4.10. The number of benzene rings is 5. The maximum Gasteiger partial charge on any atom is 0.194 e. The first kappa shape index (κ1) is 17.6. The van der Waals surface area contributed by atoms with Crippen LogP contribution in [0.3, 0.4) is 0 Å². The van der Waals surface area contributed by atoms with Crippen LogP contribution in [0.15, 0.2) is 115 Å². The summed E-state index contributed by atoms with van der Waals surface area (Å²) in [6, 6.07) is 38.9. The summed E-state index contributed by atoms with van der Waals surface area (Å²) in [6.07, 6.45) is 0. The van der Waals surface area contributed by atoms with E-state index in [0.29, 0.717) is 17.2 Å². The van der Waals surface area contributed by atoms with Gasteiger partial charge in [-0.2, -0.15) is 0 Å². The molecular formula is C28H19NO2. The molecule has 148 valence electrons. The van der Waals surface area contributed by atoms with Gasteiger partial charge in [0.1, 0.15) is 0 Å². The molecule has 0 atom stereocenters. The van der Waals surface area contributed by atoms with E-state index in [1.165, 1.54) is 10.8 Å². The van der Waals surface area contributed by atoms with Crippen LogP contribution in [0.4, 0.5) is 17.1 Å². The third-order valence-electron chi connectivity index (χ3n) is 5.50. The summed E-state index contributed by atoms with van der Waals surface area (Å²) in [5.74, 6) is 2.85. The predicted octanol–water partition coefficient (Wildman–Crippen LogP) is 8.21. The number of para-hydroxylation sites is 4. The van der Waals surface area contributed by atoms with Gasteiger partial charge in [-0.05, 0) is 47.9 Å². The Morgan fingerprint density at radius 1 is 0.452 bits per heavy atom. The highest BCUT2D eigenvalue weighted by molar-refractivity contribution is 5.99. The van der Waals surface area contributed by atoms with Crippen LogP contribution in [0, 0.1) is 0 Å². The smallest absolute Gasteiger partial charge is 0.194 e. The molecule has 1 aliphatic rings. The molecule has 0 saturated heterocycles. The molecule has 6 rings (SSSR count). The van der Waals surface area contributed by atoms with E-state index in [9.17, 15) is 0 Å². The second-order valence-electron chi connectivity index (χ2n) is 7.42. The van der Waals surface area contributed by atoms with Gasteiger partial charge in [-0.25, -0.2) is 0 Å². The van der Waals surface area contributed by atoms with E-state index in [1.807, 2.05) is 42.5 Å². The van der Waals surface area contributed by atoms with Crippen molar-refractivity contribution in [3.05, 3.63) is 115 Å². The average Bonchev–Trinajstić information content (AvgIpc) is 2.84. The maximum atomic E-state index is 6.38. The second kappa shape index (κ2) is 7.22. The second-order valence-corrected chi connectivity index (χ2v) is 7.42. The molecule has 0 bridgehead atoms. The Labute approximate surface area is 180 Å². The number of anilines is 3. The zero-order chi connectivity index (χ0) is 20.6. The van der Waals surface area contributed by atoms with Crippen molar-refractivity contribution in [3.8, 4) is 23.0 Å². The van der Waals surface area contributed by atoms with Crippen LogP contribution in [0.1, 0.15) is 0 Å². The minimum Gasteiger partial charge on any atom is -0.449 e. The predicted molar refractivity (Wildman–Crippen MR) is 125 cm³/mol. The highest BCUT2D eigenvalue weighted by Crippen LogP contribution is 2.52. The highest BCUT2D eigenvalue weighted by Gasteiger charge is 2.26. The van der Waals surface area contributed by atoms with Crippen LogP contribution >= 0.6 is 0 Å². The number of rotatable bonds is 3. The lowest BCUT2D eigenvalue weighted by Crippen LogP contribution is -2.13. The Morgan fingerprint density at radius 2 is 1.06 bits per heavy atom. The van der Waals surface area contributed by atoms with Gasteiger partial charge in [0.25, 0.3) is 0 Å². The molecule has 0 saturated carbocycles. The standard InChI is InChI=1S/C28H19NO2/c1-2-12-21(13-3-1)29(23-15-8-11-20-10-4-5-14-22(20)23)24-16-9-19-27-28(24)31-26-18-7-6-17-25(26)30-27/h1-19H. The van der Waals surface area contributed by atoms with Crippen molar-refractivity contribution in [3.63, 3.8) is 0 Å². The van der Waals surface area contributed by atoms with Crippen molar-refractivity contribution >= 4 is 27.8 Å². The van der Waals surface area contributed by atoms with Crippen LogP contribution < -0.4 is 14.4 Å². The Bertz CT molecular complexity index is 1390. The minimum atomic E-state index is 0.706. The van der Waals surface area contributed by atoms with Crippen molar-refractivity contribution < 1.29 is 9.47 Å². The van der Waals surface area contributed by atoms with Crippen LogP contribution in [-0.4, -0.2) is 0 Å². The summed E-state index contributed by atoms with van der Waals surface area (Å²) in [7, 11) is 0. The van der Waals surface area contributed by atoms with Crippen LogP contribution in [0.2, 0.25) is 0 Å². The van der Waals surface area contributed by atoms with E-state index in [1.54, 1.807) is 0 Å².